The number of methoxy groups -OCH3 is 1. The van der Waals surface area contributed by atoms with Crippen LogP contribution in [0.1, 0.15) is 25.3 Å². The second-order valence-electron chi connectivity index (χ2n) is 4.95. The highest BCUT2D eigenvalue weighted by molar-refractivity contribution is 5.31. The number of nitrogens with one attached hydrogen (secondary N) is 1. The van der Waals surface area contributed by atoms with Crippen molar-refractivity contribution in [3.63, 3.8) is 0 Å². The van der Waals surface area contributed by atoms with Crippen LogP contribution in [0.2, 0.25) is 0 Å². The highest BCUT2D eigenvalue weighted by Gasteiger charge is 2.35. The summed E-state index contributed by atoms with van der Waals surface area (Å²) < 4.78 is 5.17. The van der Waals surface area contributed by atoms with Crippen molar-refractivity contribution in [3.8, 4) is 5.75 Å². The Hall–Kier alpha value is -1.02. The molecule has 0 spiro atoms. The molecule has 1 saturated heterocycles. The van der Waals surface area contributed by atoms with Crippen LogP contribution in [0.25, 0.3) is 0 Å². The van der Waals surface area contributed by atoms with Gasteiger partial charge in [0, 0.05) is 19.0 Å². The summed E-state index contributed by atoms with van der Waals surface area (Å²) in [4.78, 5) is 0. The topological polar surface area (TPSA) is 21.3 Å². The van der Waals surface area contributed by atoms with Gasteiger partial charge in [-0.15, -0.1) is 0 Å². The van der Waals surface area contributed by atoms with Gasteiger partial charge in [-0.05, 0) is 23.1 Å². The molecule has 82 valence electrons. The van der Waals surface area contributed by atoms with Crippen LogP contribution in [-0.4, -0.2) is 20.2 Å². The van der Waals surface area contributed by atoms with E-state index in [0.29, 0.717) is 11.3 Å². The second kappa shape index (κ2) is 3.86. The Balaban J connectivity index is 2.22. The van der Waals surface area contributed by atoms with E-state index < -0.39 is 0 Å². The van der Waals surface area contributed by atoms with Gasteiger partial charge >= 0.3 is 0 Å². The zero-order valence-electron chi connectivity index (χ0n) is 9.71. The molecule has 0 amide bonds. The monoisotopic (exact) mass is 205 g/mol. The number of hydrogen-bond donors (Lipinski definition) is 1. The molecule has 0 bridgehead atoms. The molecule has 1 aromatic carbocycles. The van der Waals surface area contributed by atoms with Gasteiger partial charge in [-0.1, -0.05) is 26.0 Å². The first-order valence-corrected chi connectivity index (χ1v) is 5.48. The van der Waals surface area contributed by atoms with Crippen LogP contribution in [0, 0.1) is 5.41 Å². The number of ether oxygens (including phenoxy) is 1. The van der Waals surface area contributed by atoms with Crippen molar-refractivity contribution in [2.24, 2.45) is 5.41 Å². The van der Waals surface area contributed by atoms with E-state index in [-0.39, 0.29) is 0 Å². The Morgan fingerprint density at radius 3 is 2.40 bits per heavy atom. The predicted molar refractivity (Wildman–Crippen MR) is 62.4 cm³/mol. The normalized spacial score (nSPS) is 24.1. The van der Waals surface area contributed by atoms with Crippen LogP contribution in [0.5, 0.6) is 5.75 Å². The average Bonchev–Trinajstić information content (AvgIpc) is 2.58. The van der Waals surface area contributed by atoms with Gasteiger partial charge in [0.2, 0.25) is 0 Å². The Labute approximate surface area is 91.6 Å². The molecule has 2 rings (SSSR count). The lowest BCUT2D eigenvalue weighted by molar-refractivity contribution is 0.362. The average molecular weight is 205 g/mol. The summed E-state index contributed by atoms with van der Waals surface area (Å²) in [5, 5.41) is 3.46. The molecule has 1 N–H and O–H groups in total. The fraction of sp³-hybridized carbons (Fsp3) is 0.538. The quantitative estimate of drug-likeness (QED) is 0.800. The summed E-state index contributed by atoms with van der Waals surface area (Å²) in [5.41, 5.74) is 1.76. The van der Waals surface area contributed by atoms with Crippen molar-refractivity contribution >= 4 is 0 Å². The summed E-state index contributed by atoms with van der Waals surface area (Å²) in [5.74, 6) is 1.55. The van der Waals surface area contributed by atoms with Crippen molar-refractivity contribution in [3.05, 3.63) is 29.8 Å². The summed E-state index contributed by atoms with van der Waals surface area (Å²) in [6, 6.07) is 8.45. The SMILES string of the molecule is COc1ccc(C2CNCC2(C)C)cc1. The molecule has 1 atom stereocenters. The van der Waals surface area contributed by atoms with E-state index in [1.165, 1.54) is 5.56 Å². The fourth-order valence-corrected chi connectivity index (χ4v) is 2.34. The van der Waals surface area contributed by atoms with E-state index in [4.69, 9.17) is 4.74 Å². The third-order valence-corrected chi connectivity index (χ3v) is 3.39. The molecule has 1 heterocycles. The summed E-state index contributed by atoms with van der Waals surface area (Å²) in [6.07, 6.45) is 0. The lowest BCUT2D eigenvalue weighted by Crippen LogP contribution is -2.20. The lowest BCUT2D eigenvalue weighted by Gasteiger charge is -2.26. The minimum Gasteiger partial charge on any atom is -0.497 e. The van der Waals surface area contributed by atoms with Crippen LogP contribution in [0.3, 0.4) is 0 Å². The zero-order chi connectivity index (χ0) is 10.9. The van der Waals surface area contributed by atoms with Crippen molar-refractivity contribution in [2.75, 3.05) is 20.2 Å². The Bertz CT molecular complexity index is 329. The minimum absolute atomic E-state index is 0.356. The number of rotatable bonds is 2. The molecular weight excluding hydrogens is 186 g/mol. The first-order chi connectivity index (χ1) is 7.13. The number of hydrogen-bond acceptors (Lipinski definition) is 2. The maximum Gasteiger partial charge on any atom is 0.118 e. The van der Waals surface area contributed by atoms with Gasteiger partial charge in [-0.25, -0.2) is 0 Å². The maximum absolute atomic E-state index is 5.17. The summed E-state index contributed by atoms with van der Waals surface area (Å²) in [7, 11) is 1.70. The van der Waals surface area contributed by atoms with E-state index in [0.717, 1.165) is 18.8 Å². The molecule has 0 aliphatic carbocycles. The van der Waals surface area contributed by atoms with E-state index >= 15 is 0 Å². The van der Waals surface area contributed by atoms with Crippen molar-refractivity contribution < 1.29 is 4.74 Å². The first-order valence-electron chi connectivity index (χ1n) is 5.48. The van der Waals surface area contributed by atoms with Crippen LogP contribution in [0.15, 0.2) is 24.3 Å². The third-order valence-electron chi connectivity index (χ3n) is 3.39. The van der Waals surface area contributed by atoms with Crippen molar-refractivity contribution in [1.82, 2.24) is 5.32 Å². The fourth-order valence-electron chi connectivity index (χ4n) is 2.34. The maximum atomic E-state index is 5.17. The Morgan fingerprint density at radius 2 is 1.93 bits per heavy atom. The molecule has 1 aliphatic rings. The molecule has 0 saturated carbocycles. The molecule has 2 heteroatoms. The second-order valence-corrected chi connectivity index (χ2v) is 4.95. The van der Waals surface area contributed by atoms with Gasteiger partial charge in [0.15, 0.2) is 0 Å². The molecule has 0 radical (unpaired) electrons. The predicted octanol–water partition coefficient (Wildman–Crippen LogP) is 2.41. The highest BCUT2D eigenvalue weighted by Crippen LogP contribution is 2.38. The number of benzene rings is 1. The molecule has 1 fully saturated rings. The molecule has 1 aromatic rings. The van der Waals surface area contributed by atoms with E-state index in [2.05, 4.69) is 31.3 Å². The van der Waals surface area contributed by atoms with Crippen molar-refractivity contribution in [1.29, 1.82) is 0 Å². The van der Waals surface area contributed by atoms with Gasteiger partial charge in [0.05, 0.1) is 7.11 Å². The van der Waals surface area contributed by atoms with Crippen LogP contribution < -0.4 is 10.1 Å². The molecule has 1 aliphatic heterocycles. The molecule has 0 aromatic heterocycles. The summed E-state index contributed by atoms with van der Waals surface area (Å²) >= 11 is 0. The van der Waals surface area contributed by atoms with Gasteiger partial charge < -0.3 is 10.1 Å². The van der Waals surface area contributed by atoms with Gasteiger partial charge in [-0.2, -0.15) is 0 Å². The van der Waals surface area contributed by atoms with Crippen LogP contribution in [0.4, 0.5) is 0 Å². The van der Waals surface area contributed by atoms with Crippen LogP contribution >= 0.6 is 0 Å². The van der Waals surface area contributed by atoms with E-state index in [9.17, 15) is 0 Å². The van der Waals surface area contributed by atoms with Gasteiger partial charge in [0.1, 0.15) is 5.75 Å². The zero-order valence-corrected chi connectivity index (χ0v) is 9.71. The Morgan fingerprint density at radius 1 is 1.27 bits per heavy atom. The molecule has 1 unspecified atom stereocenters. The highest BCUT2D eigenvalue weighted by atomic mass is 16.5. The van der Waals surface area contributed by atoms with Gasteiger partial charge in [0.25, 0.3) is 0 Å². The van der Waals surface area contributed by atoms with Crippen molar-refractivity contribution in [2.45, 2.75) is 19.8 Å². The first kappa shape index (κ1) is 10.5. The molecular formula is C13H19NO. The van der Waals surface area contributed by atoms with E-state index in [1.807, 2.05) is 12.1 Å². The summed E-state index contributed by atoms with van der Waals surface area (Å²) in [6.45, 7) is 6.83. The standard InChI is InChI=1S/C13H19NO/c1-13(2)9-14-8-12(13)10-4-6-11(15-3)7-5-10/h4-7,12,14H,8-9H2,1-3H3. The molecule has 15 heavy (non-hydrogen) atoms. The third kappa shape index (κ3) is 2.00. The molecule has 2 nitrogen and oxygen atoms in total. The smallest absolute Gasteiger partial charge is 0.118 e. The Kier molecular flexibility index (Phi) is 2.70. The lowest BCUT2D eigenvalue weighted by atomic mass is 9.78. The van der Waals surface area contributed by atoms with Gasteiger partial charge in [-0.3, -0.25) is 0 Å². The van der Waals surface area contributed by atoms with E-state index in [1.54, 1.807) is 7.11 Å². The largest absolute Gasteiger partial charge is 0.497 e. The van der Waals surface area contributed by atoms with Crippen LogP contribution in [-0.2, 0) is 0 Å². The minimum atomic E-state index is 0.356.